The second-order valence-electron chi connectivity index (χ2n) is 6.57. The number of hydrogen-bond donors (Lipinski definition) is 1. The van der Waals surface area contributed by atoms with Crippen molar-refractivity contribution < 1.29 is 0 Å². The van der Waals surface area contributed by atoms with Gasteiger partial charge in [0.05, 0.1) is 35.7 Å². The largest absolute Gasteiger partial charge is 0.328 e. The smallest absolute Gasteiger partial charge is 0.181 e. The van der Waals surface area contributed by atoms with Crippen LogP contribution in [0.25, 0.3) is 28.2 Å². The number of nitrogens with zero attached hydrogens (tertiary/aromatic N) is 8. The third-order valence-electron chi connectivity index (χ3n) is 4.36. The van der Waals surface area contributed by atoms with E-state index in [1.807, 2.05) is 62.5 Å². The Morgan fingerprint density at radius 2 is 1.71 bits per heavy atom. The van der Waals surface area contributed by atoms with Gasteiger partial charge in [0, 0.05) is 43.8 Å². The minimum Gasteiger partial charge on any atom is -0.328 e. The third kappa shape index (κ3) is 2.83. The maximum absolute atomic E-state index is 4.81. The number of fused-ring (bicyclic) bond motifs is 1. The highest BCUT2D eigenvalue weighted by atomic mass is 32.1. The molecule has 0 saturated heterocycles. The summed E-state index contributed by atoms with van der Waals surface area (Å²) in [6.45, 7) is 1.97. The first-order valence-corrected chi connectivity index (χ1v) is 9.40. The van der Waals surface area contributed by atoms with E-state index in [2.05, 4.69) is 24.9 Å². The maximum atomic E-state index is 4.81. The first kappa shape index (κ1) is 16.6. The Hall–Kier alpha value is -3.53. The summed E-state index contributed by atoms with van der Waals surface area (Å²) in [5.74, 6) is 0.667. The molecule has 0 unspecified atom stereocenters. The molecule has 5 heterocycles. The summed E-state index contributed by atoms with van der Waals surface area (Å²) in [6.07, 6.45) is 11.3. The maximum Gasteiger partial charge on any atom is 0.181 e. The van der Waals surface area contributed by atoms with Crippen molar-refractivity contribution in [3.8, 4) is 22.5 Å². The minimum atomic E-state index is 0.667. The van der Waals surface area contributed by atoms with Gasteiger partial charge >= 0.3 is 0 Å². The topological polar surface area (TPSA) is 90.8 Å². The lowest BCUT2D eigenvalue weighted by atomic mass is 10.2. The average Bonchev–Trinajstić information content (AvgIpc) is 3.43. The molecule has 0 aliphatic heterocycles. The van der Waals surface area contributed by atoms with Crippen LogP contribution in [-0.4, -0.2) is 38.3 Å². The van der Waals surface area contributed by atoms with Crippen molar-refractivity contribution in [2.45, 2.75) is 6.92 Å². The van der Waals surface area contributed by atoms with Crippen LogP contribution in [0.15, 0.2) is 43.2 Å². The van der Waals surface area contributed by atoms with Crippen LogP contribution >= 0.6 is 11.5 Å². The van der Waals surface area contributed by atoms with Crippen LogP contribution in [-0.2, 0) is 14.1 Å². The van der Waals surface area contributed by atoms with Crippen molar-refractivity contribution in [2.75, 3.05) is 5.32 Å². The molecular weight excluding hydrogens is 374 g/mol. The van der Waals surface area contributed by atoms with Crippen LogP contribution in [0.5, 0.6) is 0 Å². The molecule has 0 aliphatic carbocycles. The van der Waals surface area contributed by atoms with Gasteiger partial charge in [-0.3, -0.25) is 13.8 Å². The van der Waals surface area contributed by atoms with E-state index in [-0.39, 0.29) is 0 Å². The monoisotopic (exact) mass is 391 g/mol. The SMILES string of the molecule is Cc1cc(Nc2nc(-c3cnn(C)c3)cn3c(-c4cnn(C)c4)cnc23)sn1. The first-order chi connectivity index (χ1) is 13.6. The average molecular weight is 391 g/mol. The summed E-state index contributed by atoms with van der Waals surface area (Å²) in [4.78, 5) is 9.42. The molecule has 10 heteroatoms. The summed E-state index contributed by atoms with van der Waals surface area (Å²) >= 11 is 1.40. The zero-order valence-corrected chi connectivity index (χ0v) is 16.3. The molecule has 5 aromatic heterocycles. The molecule has 9 nitrogen and oxygen atoms in total. The highest BCUT2D eigenvalue weighted by Gasteiger charge is 2.16. The van der Waals surface area contributed by atoms with Gasteiger partial charge in [0.15, 0.2) is 11.5 Å². The van der Waals surface area contributed by atoms with Crippen LogP contribution in [0.3, 0.4) is 0 Å². The van der Waals surface area contributed by atoms with Gasteiger partial charge in [0.1, 0.15) is 5.00 Å². The van der Waals surface area contributed by atoms with Gasteiger partial charge in [0.25, 0.3) is 0 Å². The van der Waals surface area contributed by atoms with Gasteiger partial charge in [-0.15, -0.1) is 0 Å². The molecule has 0 aromatic carbocycles. The first-order valence-electron chi connectivity index (χ1n) is 8.63. The van der Waals surface area contributed by atoms with Crippen molar-refractivity contribution in [3.05, 3.63) is 48.9 Å². The minimum absolute atomic E-state index is 0.667. The molecule has 0 fully saturated rings. The van der Waals surface area contributed by atoms with Gasteiger partial charge in [0.2, 0.25) is 0 Å². The normalized spacial score (nSPS) is 11.4. The molecule has 5 aromatic rings. The standard InChI is InChI=1S/C18H17N9S/c1-11-4-16(28-24-11)23-17-18-19-7-15(13-6-21-26(3)9-13)27(18)10-14(22-17)12-5-20-25(2)8-12/h4-10H,1-3H3,(H,22,23). The van der Waals surface area contributed by atoms with E-state index < -0.39 is 0 Å². The number of anilines is 2. The second-order valence-corrected chi connectivity index (χ2v) is 7.38. The lowest BCUT2D eigenvalue weighted by molar-refractivity contribution is 0.768. The van der Waals surface area contributed by atoms with E-state index in [9.17, 15) is 0 Å². The fourth-order valence-corrected chi connectivity index (χ4v) is 3.73. The molecule has 0 bridgehead atoms. The second kappa shape index (κ2) is 6.27. The number of nitrogens with one attached hydrogen (secondary N) is 1. The Labute approximate surface area is 164 Å². The van der Waals surface area contributed by atoms with Crippen molar-refractivity contribution in [3.63, 3.8) is 0 Å². The zero-order chi connectivity index (χ0) is 19.3. The van der Waals surface area contributed by atoms with Crippen LogP contribution in [0.1, 0.15) is 5.69 Å². The highest BCUT2D eigenvalue weighted by molar-refractivity contribution is 7.10. The number of aryl methyl sites for hydroxylation is 3. The predicted octanol–water partition coefficient (Wildman–Crippen LogP) is 3.04. The number of rotatable bonds is 4. The van der Waals surface area contributed by atoms with Gasteiger partial charge < -0.3 is 5.32 Å². The summed E-state index contributed by atoms with van der Waals surface area (Å²) in [5, 5.41) is 12.8. The van der Waals surface area contributed by atoms with E-state index in [1.165, 1.54) is 11.5 Å². The molecular formula is C18H17N9S. The number of aromatic nitrogens is 8. The summed E-state index contributed by atoms with van der Waals surface area (Å²) in [6, 6.07) is 1.99. The van der Waals surface area contributed by atoms with Crippen LogP contribution < -0.4 is 5.32 Å². The van der Waals surface area contributed by atoms with Gasteiger partial charge in [-0.25, -0.2) is 9.97 Å². The molecule has 5 rings (SSSR count). The summed E-state index contributed by atoms with van der Waals surface area (Å²) in [5.41, 5.74) is 5.35. The molecule has 0 atom stereocenters. The van der Waals surface area contributed by atoms with Crippen LogP contribution in [0.2, 0.25) is 0 Å². The molecule has 140 valence electrons. The Balaban J connectivity index is 1.71. The highest BCUT2D eigenvalue weighted by Crippen LogP contribution is 2.30. The fourth-order valence-electron chi connectivity index (χ4n) is 3.07. The van der Waals surface area contributed by atoms with Gasteiger partial charge in [-0.2, -0.15) is 14.6 Å². The van der Waals surface area contributed by atoms with Crippen molar-refractivity contribution in [1.29, 1.82) is 0 Å². The predicted molar refractivity (Wildman–Crippen MR) is 108 cm³/mol. The summed E-state index contributed by atoms with van der Waals surface area (Å²) < 4.78 is 9.90. The van der Waals surface area contributed by atoms with E-state index in [0.717, 1.165) is 38.9 Å². The Morgan fingerprint density at radius 3 is 2.36 bits per heavy atom. The molecule has 28 heavy (non-hydrogen) atoms. The Kier molecular flexibility index (Phi) is 3.72. The molecule has 0 spiro atoms. The quantitative estimate of drug-likeness (QED) is 0.506. The Morgan fingerprint density at radius 1 is 0.964 bits per heavy atom. The lowest BCUT2D eigenvalue weighted by Gasteiger charge is -2.08. The number of hydrogen-bond acceptors (Lipinski definition) is 7. The van der Waals surface area contributed by atoms with E-state index in [1.54, 1.807) is 15.6 Å². The third-order valence-corrected chi connectivity index (χ3v) is 5.16. The van der Waals surface area contributed by atoms with E-state index in [4.69, 9.17) is 4.98 Å². The molecule has 0 amide bonds. The fraction of sp³-hybridized carbons (Fsp3) is 0.167. The summed E-state index contributed by atoms with van der Waals surface area (Å²) in [7, 11) is 3.79. The Bertz CT molecular complexity index is 1290. The van der Waals surface area contributed by atoms with Crippen molar-refractivity contribution >= 4 is 28.0 Å². The van der Waals surface area contributed by atoms with E-state index >= 15 is 0 Å². The van der Waals surface area contributed by atoms with Gasteiger partial charge in [-0.1, -0.05) is 0 Å². The van der Waals surface area contributed by atoms with Crippen LogP contribution in [0, 0.1) is 6.92 Å². The van der Waals surface area contributed by atoms with Crippen LogP contribution in [0.4, 0.5) is 10.8 Å². The molecule has 1 N–H and O–H groups in total. The molecule has 0 saturated carbocycles. The van der Waals surface area contributed by atoms with Gasteiger partial charge in [-0.05, 0) is 24.5 Å². The van der Waals surface area contributed by atoms with Crippen molar-refractivity contribution in [1.82, 2.24) is 38.3 Å². The molecule has 0 radical (unpaired) electrons. The van der Waals surface area contributed by atoms with Crippen molar-refractivity contribution in [2.24, 2.45) is 14.1 Å². The van der Waals surface area contributed by atoms with E-state index in [0.29, 0.717) is 5.82 Å². The molecule has 0 aliphatic rings. The number of imidazole rings is 1. The zero-order valence-electron chi connectivity index (χ0n) is 15.5. The lowest BCUT2D eigenvalue weighted by Crippen LogP contribution is -2.00.